The molecule has 65 heavy (non-hydrogen) atoms. The molecule has 0 aliphatic rings. The summed E-state index contributed by atoms with van der Waals surface area (Å²) in [4.78, 5) is 37.2. The van der Waals surface area contributed by atoms with Gasteiger partial charge in [-0.25, -0.2) is 4.79 Å². The van der Waals surface area contributed by atoms with Crippen molar-refractivity contribution in [3.63, 3.8) is 0 Å². The molecule has 8 heteroatoms. The van der Waals surface area contributed by atoms with E-state index in [1.807, 2.05) is 21.1 Å². The Morgan fingerprint density at radius 1 is 0.477 bits per heavy atom. The van der Waals surface area contributed by atoms with Gasteiger partial charge in [0.15, 0.2) is 12.1 Å². The van der Waals surface area contributed by atoms with E-state index in [0.717, 1.165) is 70.6 Å². The number of carboxylic acid groups (broad SMARTS) is 1. The lowest BCUT2D eigenvalue weighted by atomic mass is 10.0. The molecule has 1 N–H and O–H groups in total. The van der Waals surface area contributed by atoms with Gasteiger partial charge in [0.1, 0.15) is 6.61 Å². The highest BCUT2D eigenvalue weighted by molar-refractivity contribution is 5.72. The van der Waals surface area contributed by atoms with Crippen LogP contribution in [0, 0.1) is 0 Å². The minimum atomic E-state index is -0.883. The zero-order valence-corrected chi connectivity index (χ0v) is 42.4. The van der Waals surface area contributed by atoms with Gasteiger partial charge in [0.05, 0.1) is 34.4 Å². The van der Waals surface area contributed by atoms with Gasteiger partial charge < -0.3 is 23.8 Å². The molecule has 0 bridgehead atoms. The molecule has 0 spiro atoms. The highest BCUT2D eigenvalue weighted by Gasteiger charge is 2.31. The zero-order valence-electron chi connectivity index (χ0n) is 42.4. The predicted octanol–water partition coefficient (Wildman–Crippen LogP) is 15.3. The number of nitrogens with zero attached hydrogens (tertiary/aromatic N) is 1. The Kier molecular flexibility index (Phi) is 44.5. The number of unbranched alkanes of at least 4 members (excludes halogenated alkanes) is 18. The molecule has 372 valence electrons. The van der Waals surface area contributed by atoms with Gasteiger partial charge in [-0.3, -0.25) is 9.59 Å². The molecule has 0 amide bonds. The third-order valence-corrected chi connectivity index (χ3v) is 11.3. The number of hydrogen-bond acceptors (Lipinski definition) is 6. The summed E-state index contributed by atoms with van der Waals surface area (Å²) in [6.07, 6.45) is 62.1. The molecule has 0 aliphatic carbocycles. The Morgan fingerprint density at radius 3 is 1.26 bits per heavy atom. The summed E-state index contributed by atoms with van der Waals surface area (Å²) < 4.78 is 17.3. The lowest BCUT2D eigenvalue weighted by Crippen LogP contribution is -2.50. The third-order valence-electron chi connectivity index (χ3n) is 11.3. The van der Waals surface area contributed by atoms with Gasteiger partial charge in [-0.15, -0.1) is 0 Å². The fraction of sp³-hybridized carbons (Fsp3) is 0.702. The predicted molar refractivity (Wildman–Crippen MR) is 275 cm³/mol. The van der Waals surface area contributed by atoms with Crippen LogP contribution in [-0.2, 0) is 28.6 Å². The Labute approximate surface area is 399 Å². The summed E-state index contributed by atoms with van der Waals surface area (Å²) in [5.41, 5.74) is 0. The molecule has 2 atom stereocenters. The van der Waals surface area contributed by atoms with Crippen molar-refractivity contribution in [1.29, 1.82) is 0 Å². The third kappa shape index (κ3) is 45.5. The molecule has 0 heterocycles. The van der Waals surface area contributed by atoms with E-state index in [4.69, 9.17) is 14.2 Å². The number of rotatable bonds is 46. The van der Waals surface area contributed by atoms with Crippen LogP contribution in [0.3, 0.4) is 0 Å². The van der Waals surface area contributed by atoms with Crippen LogP contribution in [-0.4, -0.2) is 80.6 Å². The van der Waals surface area contributed by atoms with E-state index in [-0.39, 0.29) is 42.7 Å². The standard InChI is InChI=1S/C57H97NO7/c1-6-8-10-12-14-16-18-20-22-24-26-27-28-29-30-32-33-35-37-39-41-43-45-47-55(59)64-52-53(51-63-50-49-54(57(61)62)58(3,4)5)65-56(60)48-46-44-42-40-38-36-34-31-25-23-21-19-17-15-13-11-9-7-2/h8,10,14,16,20,22,26-27,29-30,33,35,39,41,53-54H,6-7,9,11-13,15,17-19,21,23-25,28,31-32,34,36-38,40,42-52H2,1-5H3/p+1/b10-8+,16-14+,22-20+,27-26+,30-29+,35-33+,41-39+. The number of aliphatic carboxylic acids is 1. The summed E-state index contributed by atoms with van der Waals surface area (Å²) in [6, 6.07) is -0.627. The second kappa shape index (κ2) is 47.0. The van der Waals surface area contributed by atoms with Crippen molar-refractivity contribution in [3.05, 3.63) is 85.1 Å². The Morgan fingerprint density at radius 2 is 0.862 bits per heavy atom. The fourth-order valence-corrected chi connectivity index (χ4v) is 7.32. The second-order valence-electron chi connectivity index (χ2n) is 18.4. The van der Waals surface area contributed by atoms with E-state index >= 15 is 0 Å². The van der Waals surface area contributed by atoms with Crippen molar-refractivity contribution in [2.24, 2.45) is 0 Å². The van der Waals surface area contributed by atoms with Crippen LogP contribution in [0.25, 0.3) is 0 Å². The van der Waals surface area contributed by atoms with Crippen molar-refractivity contribution in [1.82, 2.24) is 0 Å². The van der Waals surface area contributed by atoms with Gasteiger partial charge in [0.2, 0.25) is 0 Å². The number of carboxylic acids is 1. The maximum atomic E-state index is 12.8. The molecule has 0 aliphatic heterocycles. The Bertz CT molecular complexity index is 1330. The highest BCUT2D eigenvalue weighted by Crippen LogP contribution is 2.16. The van der Waals surface area contributed by atoms with Crippen molar-refractivity contribution < 1.29 is 38.2 Å². The lowest BCUT2D eigenvalue weighted by Gasteiger charge is -2.31. The summed E-state index contributed by atoms with van der Waals surface area (Å²) in [7, 11) is 5.52. The first kappa shape index (κ1) is 61.5. The van der Waals surface area contributed by atoms with Crippen LogP contribution in [0.2, 0.25) is 0 Å². The maximum absolute atomic E-state index is 12.8. The van der Waals surface area contributed by atoms with Gasteiger partial charge in [0.25, 0.3) is 0 Å². The molecule has 0 aromatic heterocycles. The molecule has 2 unspecified atom stereocenters. The summed E-state index contributed by atoms with van der Waals surface area (Å²) in [5, 5.41) is 9.66. The summed E-state index contributed by atoms with van der Waals surface area (Å²) in [5.74, 6) is -1.54. The molecule has 8 nitrogen and oxygen atoms in total. The Hall–Kier alpha value is -3.49. The fourth-order valence-electron chi connectivity index (χ4n) is 7.32. The average molecular weight is 909 g/mol. The maximum Gasteiger partial charge on any atom is 0.362 e. The molecule has 0 saturated carbocycles. The van der Waals surface area contributed by atoms with Crippen LogP contribution in [0.4, 0.5) is 0 Å². The van der Waals surface area contributed by atoms with E-state index < -0.39 is 18.1 Å². The molecule has 0 saturated heterocycles. The molecule has 0 aromatic rings. The molecule has 0 radical (unpaired) electrons. The first-order valence-corrected chi connectivity index (χ1v) is 26.1. The monoisotopic (exact) mass is 909 g/mol. The SMILES string of the molecule is CC/C=C/C/C=C/C/C=C/C/C=C/C/C=C/C/C=C/C/C=C/CCCC(=O)OCC(COCCC(C(=O)O)[N+](C)(C)C)OC(=O)CCCCCCCCCCCCCCCCCCCC. The molecular formula is C57H98NO7+. The largest absolute Gasteiger partial charge is 0.477 e. The number of esters is 2. The van der Waals surface area contributed by atoms with Crippen LogP contribution >= 0.6 is 0 Å². The first-order chi connectivity index (χ1) is 31.6. The minimum absolute atomic E-state index is 0.0406. The van der Waals surface area contributed by atoms with E-state index in [9.17, 15) is 19.5 Å². The highest BCUT2D eigenvalue weighted by atomic mass is 16.6. The topological polar surface area (TPSA) is 99.1 Å². The first-order valence-electron chi connectivity index (χ1n) is 26.1. The van der Waals surface area contributed by atoms with Crippen LogP contribution in [0.5, 0.6) is 0 Å². The van der Waals surface area contributed by atoms with E-state index in [1.54, 1.807) is 0 Å². The van der Waals surface area contributed by atoms with Gasteiger partial charge >= 0.3 is 17.9 Å². The molecule has 0 fully saturated rings. The number of carbonyl (C=O) groups excluding carboxylic acids is 2. The van der Waals surface area contributed by atoms with Crippen molar-refractivity contribution in [2.45, 2.75) is 219 Å². The van der Waals surface area contributed by atoms with E-state index in [1.165, 1.54) is 96.3 Å². The van der Waals surface area contributed by atoms with Crippen LogP contribution in [0.1, 0.15) is 206 Å². The van der Waals surface area contributed by atoms with E-state index in [0.29, 0.717) is 19.3 Å². The minimum Gasteiger partial charge on any atom is -0.477 e. The van der Waals surface area contributed by atoms with Crippen LogP contribution < -0.4 is 0 Å². The molecular weight excluding hydrogens is 811 g/mol. The van der Waals surface area contributed by atoms with Crippen molar-refractivity contribution in [2.75, 3.05) is 41.0 Å². The number of carbonyl (C=O) groups is 3. The number of quaternary nitrogens is 1. The summed E-state index contributed by atoms with van der Waals surface area (Å²) in [6.45, 7) is 4.58. The van der Waals surface area contributed by atoms with Gasteiger partial charge in [-0.05, 0) is 64.2 Å². The molecule has 0 aromatic carbocycles. The van der Waals surface area contributed by atoms with Crippen molar-refractivity contribution in [3.8, 4) is 0 Å². The number of hydrogen-bond donors (Lipinski definition) is 1. The lowest BCUT2D eigenvalue weighted by molar-refractivity contribution is -0.887. The summed E-state index contributed by atoms with van der Waals surface area (Å²) >= 11 is 0. The number of ether oxygens (including phenoxy) is 3. The smallest absolute Gasteiger partial charge is 0.362 e. The number of allylic oxidation sites excluding steroid dienone is 14. The van der Waals surface area contributed by atoms with Gasteiger partial charge in [-0.1, -0.05) is 208 Å². The average Bonchev–Trinajstić information content (AvgIpc) is 3.27. The van der Waals surface area contributed by atoms with E-state index in [2.05, 4.69) is 98.9 Å². The van der Waals surface area contributed by atoms with Gasteiger partial charge in [-0.2, -0.15) is 0 Å². The van der Waals surface area contributed by atoms with Gasteiger partial charge in [0, 0.05) is 19.3 Å². The van der Waals surface area contributed by atoms with Crippen molar-refractivity contribution >= 4 is 17.9 Å². The second-order valence-corrected chi connectivity index (χ2v) is 18.4. The zero-order chi connectivity index (χ0) is 47.7. The Balaban J connectivity index is 4.35. The van der Waals surface area contributed by atoms with Crippen LogP contribution in [0.15, 0.2) is 85.1 Å². The quantitative estimate of drug-likeness (QED) is 0.0281. The normalized spacial score (nSPS) is 13.6. The molecule has 0 rings (SSSR count). The number of likely N-dealkylation sites (N-methyl/N-ethyl adjacent to an activating group) is 1.